The highest BCUT2D eigenvalue weighted by Crippen LogP contribution is 2.33. The van der Waals surface area contributed by atoms with Crippen molar-refractivity contribution in [3.63, 3.8) is 0 Å². The maximum atomic E-state index is 5.82. The lowest BCUT2D eigenvalue weighted by Crippen LogP contribution is -2.49. The van der Waals surface area contributed by atoms with Crippen LogP contribution in [0.15, 0.2) is 21.9 Å². The Hall–Kier alpha value is -1.17. The van der Waals surface area contributed by atoms with E-state index in [4.69, 9.17) is 14.9 Å². The zero-order chi connectivity index (χ0) is 12.6. The van der Waals surface area contributed by atoms with Gasteiger partial charge in [-0.3, -0.25) is 0 Å². The Balaban J connectivity index is 1.77. The van der Waals surface area contributed by atoms with E-state index in [-0.39, 0.29) is 5.41 Å². The number of hydrogen-bond acceptors (Lipinski definition) is 5. The molecule has 96 valence electrons. The molecule has 0 unspecified atom stereocenters. The fourth-order valence-electron chi connectivity index (χ4n) is 2.08. The minimum Gasteiger partial charge on any atom is -0.460 e. The molecule has 0 radical (unpaired) electrons. The molecule has 3 rings (SSSR count). The minimum absolute atomic E-state index is 0.105. The quantitative estimate of drug-likeness (QED) is 0.920. The van der Waals surface area contributed by atoms with E-state index < -0.39 is 0 Å². The molecule has 4 nitrogen and oxygen atoms in total. The fraction of sp³-hybridized carbons (Fsp3) is 0.462. The second kappa shape index (κ2) is 4.50. The molecule has 0 aromatic carbocycles. The van der Waals surface area contributed by atoms with Gasteiger partial charge >= 0.3 is 0 Å². The van der Waals surface area contributed by atoms with Gasteiger partial charge in [0.25, 0.3) is 0 Å². The molecule has 2 aromatic rings. The summed E-state index contributed by atoms with van der Waals surface area (Å²) in [6.45, 7) is 4.09. The van der Waals surface area contributed by atoms with Gasteiger partial charge in [0.15, 0.2) is 5.76 Å². The van der Waals surface area contributed by atoms with Crippen molar-refractivity contribution < 1.29 is 9.15 Å². The van der Waals surface area contributed by atoms with E-state index in [1.165, 1.54) is 0 Å². The van der Waals surface area contributed by atoms with Crippen LogP contribution in [-0.4, -0.2) is 24.7 Å². The summed E-state index contributed by atoms with van der Waals surface area (Å²) in [6.07, 6.45) is 0.897. The monoisotopic (exact) mass is 264 g/mol. The molecule has 2 aromatic heterocycles. The zero-order valence-corrected chi connectivity index (χ0v) is 11.1. The summed E-state index contributed by atoms with van der Waals surface area (Å²) in [5.41, 5.74) is 6.83. The van der Waals surface area contributed by atoms with Crippen molar-refractivity contribution in [3.05, 3.63) is 28.3 Å². The first-order chi connectivity index (χ1) is 8.71. The molecular weight excluding hydrogens is 248 g/mol. The highest BCUT2D eigenvalue weighted by Gasteiger charge is 2.38. The highest BCUT2D eigenvalue weighted by atomic mass is 32.1. The number of nitrogens with two attached hydrogens (primary N) is 1. The summed E-state index contributed by atoms with van der Waals surface area (Å²) in [7, 11) is 0. The predicted molar refractivity (Wildman–Crippen MR) is 70.6 cm³/mol. The van der Waals surface area contributed by atoms with Gasteiger partial charge in [-0.1, -0.05) is 0 Å². The molecule has 0 atom stereocenters. The van der Waals surface area contributed by atoms with Crippen molar-refractivity contribution in [1.82, 2.24) is 4.98 Å². The van der Waals surface area contributed by atoms with E-state index in [0.29, 0.717) is 6.54 Å². The molecule has 0 aliphatic carbocycles. The molecule has 0 bridgehead atoms. The summed E-state index contributed by atoms with van der Waals surface area (Å²) in [5, 5.41) is 3.14. The van der Waals surface area contributed by atoms with Crippen LogP contribution in [0, 0.1) is 12.3 Å². The molecule has 0 amide bonds. The van der Waals surface area contributed by atoms with Crippen LogP contribution in [-0.2, 0) is 11.2 Å². The van der Waals surface area contributed by atoms with Gasteiger partial charge < -0.3 is 14.9 Å². The van der Waals surface area contributed by atoms with Crippen molar-refractivity contribution >= 4 is 11.3 Å². The van der Waals surface area contributed by atoms with Crippen LogP contribution in [0.25, 0.3) is 11.5 Å². The van der Waals surface area contributed by atoms with Gasteiger partial charge in [0.05, 0.1) is 18.2 Å². The van der Waals surface area contributed by atoms with Crippen molar-refractivity contribution in [2.75, 3.05) is 19.8 Å². The summed E-state index contributed by atoms with van der Waals surface area (Å²) < 4.78 is 10.8. The lowest BCUT2D eigenvalue weighted by molar-refractivity contribution is -0.106. The van der Waals surface area contributed by atoms with Crippen molar-refractivity contribution in [2.24, 2.45) is 11.1 Å². The van der Waals surface area contributed by atoms with E-state index >= 15 is 0 Å². The Morgan fingerprint density at radius 1 is 1.44 bits per heavy atom. The summed E-state index contributed by atoms with van der Waals surface area (Å²) in [6, 6.07) is 3.91. The third-order valence-corrected chi connectivity index (χ3v) is 4.17. The number of hydrogen-bond donors (Lipinski definition) is 1. The number of furan rings is 1. The molecule has 1 aliphatic rings. The molecule has 2 N–H and O–H groups in total. The Kier molecular flexibility index (Phi) is 2.97. The number of nitrogens with zero attached hydrogens (tertiary/aromatic N) is 1. The Labute approximate surface area is 110 Å². The maximum Gasteiger partial charge on any atom is 0.153 e. The zero-order valence-electron chi connectivity index (χ0n) is 10.3. The minimum atomic E-state index is 0.105. The molecule has 3 heterocycles. The summed E-state index contributed by atoms with van der Waals surface area (Å²) in [4.78, 5) is 4.62. The normalized spacial score (nSPS) is 17.7. The van der Waals surface area contributed by atoms with Crippen LogP contribution >= 0.6 is 11.3 Å². The topological polar surface area (TPSA) is 61.3 Å². The second-order valence-electron chi connectivity index (χ2n) is 4.91. The van der Waals surface area contributed by atoms with Crippen molar-refractivity contribution in [2.45, 2.75) is 13.3 Å². The number of aromatic nitrogens is 1. The predicted octanol–water partition coefficient (Wildman–Crippen LogP) is 2.23. The van der Waals surface area contributed by atoms with Crippen LogP contribution < -0.4 is 5.73 Å². The first kappa shape index (κ1) is 11.9. The first-order valence-corrected chi connectivity index (χ1v) is 6.88. The third-order valence-electron chi connectivity index (χ3n) is 3.32. The van der Waals surface area contributed by atoms with Gasteiger partial charge in [-0.15, -0.1) is 11.3 Å². The smallest absolute Gasteiger partial charge is 0.153 e. The number of aryl methyl sites for hydroxylation is 1. The lowest BCUT2D eigenvalue weighted by Gasteiger charge is -2.39. The van der Waals surface area contributed by atoms with Gasteiger partial charge in [-0.25, -0.2) is 4.98 Å². The van der Waals surface area contributed by atoms with E-state index in [1.807, 2.05) is 24.4 Å². The highest BCUT2D eigenvalue weighted by molar-refractivity contribution is 7.09. The average molecular weight is 264 g/mol. The van der Waals surface area contributed by atoms with Crippen LogP contribution in [0.4, 0.5) is 0 Å². The van der Waals surface area contributed by atoms with E-state index in [1.54, 1.807) is 11.3 Å². The molecule has 5 heteroatoms. The molecule has 0 spiro atoms. The molecule has 0 saturated carbocycles. The summed E-state index contributed by atoms with van der Waals surface area (Å²) in [5.74, 6) is 1.74. The lowest BCUT2D eigenvalue weighted by atomic mass is 9.83. The first-order valence-electron chi connectivity index (χ1n) is 6.00. The second-order valence-corrected chi connectivity index (χ2v) is 5.85. The Bertz CT molecular complexity index is 537. The van der Waals surface area contributed by atoms with E-state index in [2.05, 4.69) is 4.98 Å². The maximum absolute atomic E-state index is 5.82. The fourth-order valence-corrected chi connectivity index (χ4v) is 3.04. The van der Waals surface area contributed by atoms with Crippen molar-refractivity contribution in [3.8, 4) is 11.5 Å². The molecular formula is C13H16N2O2S. The van der Waals surface area contributed by atoms with Gasteiger partial charge in [-0.05, 0) is 19.1 Å². The van der Waals surface area contributed by atoms with Crippen LogP contribution in [0.3, 0.4) is 0 Å². The SMILES string of the molecule is Cc1ccc(-c2csc(CC3(CN)COC3)n2)o1. The number of ether oxygens (including phenoxy) is 1. The molecule has 1 saturated heterocycles. The van der Waals surface area contributed by atoms with Crippen LogP contribution in [0.5, 0.6) is 0 Å². The molecule has 18 heavy (non-hydrogen) atoms. The number of rotatable bonds is 4. The average Bonchev–Trinajstić information content (AvgIpc) is 2.92. The van der Waals surface area contributed by atoms with Gasteiger partial charge in [0.2, 0.25) is 0 Å². The Morgan fingerprint density at radius 3 is 2.83 bits per heavy atom. The number of thiazole rings is 1. The van der Waals surface area contributed by atoms with Gasteiger partial charge in [0, 0.05) is 23.8 Å². The van der Waals surface area contributed by atoms with E-state index in [0.717, 1.165) is 41.9 Å². The Morgan fingerprint density at radius 2 is 2.28 bits per heavy atom. The summed E-state index contributed by atoms with van der Waals surface area (Å²) >= 11 is 1.66. The van der Waals surface area contributed by atoms with Crippen molar-refractivity contribution in [1.29, 1.82) is 0 Å². The third kappa shape index (κ3) is 2.09. The van der Waals surface area contributed by atoms with Crippen LogP contribution in [0.1, 0.15) is 10.8 Å². The van der Waals surface area contributed by atoms with Crippen LogP contribution in [0.2, 0.25) is 0 Å². The van der Waals surface area contributed by atoms with Gasteiger partial charge in [-0.2, -0.15) is 0 Å². The standard InChI is InChI=1S/C13H16N2O2S/c1-9-2-3-11(17-9)10-5-18-12(15-10)4-13(6-14)7-16-8-13/h2-3,5H,4,6-8,14H2,1H3. The van der Waals surface area contributed by atoms with Gasteiger partial charge in [0.1, 0.15) is 11.5 Å². The largest absolute Gasteiger partial charge is 0.460 e. The molecule has 1 aliphatic heterocycles. The molecule has 1 fully saturated rings. The van der Waals surface area contributed by atoms with E-state index in [9.17, 15) is 0 Å².